The Labute approximate surface area is 174 Å². The van der Waals surface area contributed by atoms with Crippen molar-refractivity contribution in [1.29, 1.82) is 0 Å². The third-order valence-corrected chi connectivity index (χ3v) is 4.91. The average molecular weight is 410 g/mol. The normalized spacial score (nSPS) is 15.4. The molecule has 3 heterocycles. The first-order chi connectivity index (χ1) is 14.3. The predicted octanol–water partition coefficient (Wildman–Crippen LogP) is 3.77. The van der Waals surface area contributed by atoms with Gasteiger partial charge in [-0.15, -0.1) is 0 Å². The van der Waals surface area contributed by atoms with Crippen LogP contribution >= 0.6 is 0 Å². The number of aromatic nitrogens is 4. The Hall–Kier alpha value is -3.36. The SMILES string of the molecule is CC(C)(C)OC(=O)N1CCC(n2ncc3c(Oc4ccc(N)cc4)ncnc32)CC1. The number of nitrogens with zero attached hydrogens (tertiary/aromatic N) is 5. The monoisotopic (exact) mass is 410 g/mol. The van der Waals surface area contributed by atoms with Crippen LogP contribution in [0.25, 0.3) is 11.0 Å². The molecule has 4 rings (SSSR count). The molecule has 2 aromatic heterocycles. The van der Waals surface area contributed by atoms with Gasteiger partial charge in [-0.2, -0.15) is 5.10 Å². The fraction of sp³-hybridized carbons (Fsp3) is 0.429. The van der Waals surface area contributed by atoms with Crippen molar-refractivity contribution in [3.8, 4) is 11.6 Å². The van der Waals surface area contributed by atoms with Gasteiger partial charge >= 0.3 is 6.09 Å². The maximum Gasteiger partial charge on any atom is 0.410 e. The number of hydrogen-bond acceptors (Lipinski definition) is 7. The minimum atomic E-state index is -0.496. The third kappa shape index (κ3) is 4.29. The largest absolute Gasteiger partial charge is 0.444 e. The molecule has 30 heavy (non-hydrogen) atoms. The number of amides is 1. The number of benzene rings is 1. The van der Waals surface area contributed by atoms with E-state index in [2.05, 4.69) is 15.1 Å². The smallest absolute Gasteiger partial charge is 0.410 e. The number of carbonyl (C=O) groups excluding carboxylic acids is 1. The van der Waals surface area contributed by atoms with Gasteiger partial charge in [0.15, 0.2) is 5.65 Å². The number of nitrogen functional groups attached to an aromatic ring is 1. The first-order valence-electron chi connectivity index (χ1n) is 10.00. The Morgan fingerprint density at radius 1 is 1.13 bits per heavy atom. The first kappa shape index (κ1) is 19.9. The van der Waals surface area contributed by atoms with Crippen molar-refractivity contribution in [2.75, 3.05) is 18.8 Å². The third-order valence-electron chi connectivity index (χ3n) is 4.91. The molecule has 1 aromatic carbocycles. The summed E-state index contributed by atoms with van der Waals surface area (Å²) >= 11 is 0. The Balaban J connectivity index is 1.48. The van der Waals surface area contributed by atoms with Crippen LogP contribution in [-0.4, -0.2) is 49.4 Å². The molecule has 3 aromatic rings. The zero-order valence-electron chi connectivity index (χ0n) is 17.4. The lowest BCUT2D eigenvalue weighted by Crippen LogP contribution is -2.42. The van der Waals surface area contributed by atoms with Gasteiger partial charge in [0, 0.05) is 18.8 Å². The molecule has 9 nitrogen and oxygen atoms in total. The number of hydrogen-bond donors (Lipinski definition) is 1. The van der Waals surface area contributed by atoms with Crippen LogP contribution in [0, 0.1) is 0 Å². The van der Waals surface area contributed by atoms with Crippen molar-refractivity contribution >= 4 is 22.8 Å². The van der Waals surface area contributed by atoms with Crippen molar-refractivity contribution in [1.82, 2.24) is 24.6 Å². The van der Waals surface area contributed by atoms with Crippen LogP contribution in [0.4, 0.5) is 10.5 Å². The van der Waals surface area contributed by atoms with Crippen LogP contribution in [0.3, 0.4) is 0 Å². The Morgan fingerprint density at radius 3 is 2.50 bits per heavy atom. The highest BCUT2D eigenvalue weighted by Crippen LogP contribution is 2.31. The number of piperidine rings is 1. The van der Waals surface area contributed by atoms with Crippen LogP contribution in [0.15, 0.2) is 36.8 Å². The molecule has 1 aliphatic rings. The van der Waals surface area contributed by atoms with Gasteiger partial charge in [-0.05, 0) is 57.9 Å². The molecule has 9 heteroatoms. The van der Waals surface area contributed by atoms with Crippen LogP contribution in [0.2, 0.25) is 0 Å². The molecule has 2 N–H and O–H groups in total. The maximum atomic E-state index is 12.3. The molecule has 158 valence electrons. The van der Waals surface area contributed by atoms with Crippen molar-refractivity contribution in [2.24, 2.45) is 0 Å². The van der Waals surface area contributed by atoms with Gasteiger partial charge in [0.2, 0.25) is 5.88 Å². The lowest BCUT2D eigenvalue weighted by atomic mass is 10.1. The van der Waals surface area contributed by atoms with E-state index in [1.54, 1.807) is 35.4 Å². The molecule has 1 amide bonds. The number of carbonyl (C=O) groups is 1. The van der Waals surface area contributed by atoms with Gasteiger partial charge in [0.25, 0.3) is 0 Å². The predicted molar refractivity (Wildman–Crippen MR) is 112 cm³/mol. The summed E-state index contributed by atoms with van der Waals surface area (Å²) < 4.78 is 13.3. The topological polar surface area (TPSA) is 108 Å². The summed E-state index contributed by atoms with van der Waals surface area (Å²) in [5.41, 5.74) is 6.61. The number of anilines is 1. The van der Waals surface area contributed by atoms with Crippen LogP contribution in [0.1, 0.15) is 39.7 Å². The molecule has 0 bridgehead atoms. The Bertz CT molecular complexity index is 1030. The number of likely N-dealkylation sites (tertiary alicyclic amines) is 1. The Kier molecular flexibility index (Phi) is 5.19. The second-order valence-electron chi connectivity index (χ2n) is 8.37. The fourth-order valence-electron chi connectivity index (χ4n) is 3.46. The van der Waals surface area contributed by atoms with E-state index in [0.717, 1.165) is 18.2 Å². The van der Waals surface area contributed by atoms with Crippen molar-refractivity contribution < 1.29 is 14.3 Å². The zero-order chi connectivity index (χ0) is 21.3. The minimum absolute atomic E-state index is 0.139. The first-order valence-corrected chi connectivity index (χ1v) is 10.00. The molecule has 1 fully saturated rings. The molecule has 0 saturated carbocycles. The maximum absolute atomic E-state index is 12.3. The molecule has 0 unspecified atom stereocenters. The highest BCUT2D eigenvalue weighted by Gasteiger charge is 2.29. The second kappa shape index (κ2) is 7.81. The van der Waals surface area contributed by atoms with Crippen molar-refractivity contribution in [2.45, 2.75) is 45.3 Å². The van der Waals surface area contributed by atoms with Crippen molar-refractivity contribution in [3.63, 3.8) is 0 Å². The number of fused-ring (bicyclic) bond motifs is 1. The van der Waals surface area contributed by atoms with Gasteiger partial charge in [0.05, 0.1) is 12.2 Å². The average Bonchev–Trinajstić information content (AvgIpc) is 3.14. The number of nitrogens with two attached hydrogens (primary N) is 1. The highest BCUT2D eigenvalue weighted by molar-refractivity contribution is 5.80. The summed E-state index contributed by atoms with van der Waals surface area (Å²) in [5, 5.41) is 5.28. The van der Waals surface area contributed by atoms with E-state index in [-0.39, 0.29) is 12.1 Å². The lowest BCUT2D eigenvalue weighted by Gasteiger charge is -2.33. The summed E-state index contributed by atoms with van der Waals surface area (Å²) in [5.74, 6) is 1.09. The van der Waals surface area contributed by atoms with Crippen molar-refractivity contribution in [3.05, 3.63) is 36.8 Å². The van der Waals surface area contributed by atoms with Gasteiger partial charge in [-0.25, -0.2) is 19.4 Å². The summed E-state index contributed by atoms with van der Waals surface area (Å²) in [6.45, 7) is 6.84. The quantitative estimate of drug-likeness (QED) is 0.655. The van der Waals surface area contributed by atoms with Gasteiger partial charge in [-0.1, -0.05) is 0 Å². The van der Waals surface area contributed by atoms with E-state index in [0.29, 0.717) is 36.1 Å². The summed E-state index contributed by atoms with van der Waals surface area (Å²) in [7, 11) is 0. The number of ether oxygens (including phenoxy) is 2. The van der Waals surface area contributed by atoms with E-state index in [4.69, 9.17) is 15.2 Å². The molecule has 0 aliphatic carbocycles. The van der Waals surface area contributed by atoms with Gasteiger partial charge in [-0.3, -0.25) is 0 Å². The second-order valence-corrected chi connectivity index (χ2v) is 8.37. The van der Waals surface area contributed by atoms with E-state index in [1.165, 1.54) is 6.33 Å². The van der Waals surface area contributed by atoms with Gasteiger partial charge in [0.1, 0.15) is 23.1 Å². The van der Waals surface area contributed by atoms with Crippen LogP contribution < -0.4 is 10.5 Å². The summed E-state index contributed by atoms with van der Waals surface area (Å²) in [6, 6.07) is 7.27. The Morgan fingerprint density at radius 2 is 1.83 bits per heavy atom. The van der Waals surface area contributed by atoms with E-state index in [9.17, 15) is 4.79 Å². The molecular weight excluding hydrogens is 384 g/mol. The lowest BCUT2D eigenvalue weighted by molar-refractivity contribution is 0.0186. The molecule has 0 atom stereocenters. The van der Waals surface area contributed by atoms with E-state index < -0.39 is 5.60 Å². The molecule has 0 radical (unpaired) electrons. The molecule has 1 aliphatic heterocycles. The fourth-order valence-corrected chi connectivity index (χ4v) is 3.46. The zero-order valence-corrected chi connectivity index (χ0v) is 17.4. The summed E-state index contributed by atoms with van der Waals surface area (Å²) in [6.07, 6.45) is 4.47. The number of rotatable bonds is 3. The van der Waals surface area contributed by atoms with E-state index >= 15 is 0 Å². The van der Waals surface area contributed by atoms with Crippen LogP contribution in [0.5, 0.6) is 11.6 Å². The molecule has 1 saturated heterocycles. The van der Waals surface area contributed by atoms with Gasteiger partial charge < -0.3 is 20.1 Å². The summed E-state index contributed by atoms with van der Waals surface area (Å²) in [4.78, 5) is 22.7. The standard InChI is InChI=1S/C21H26N6O3/c1-21(2,3)30-20(28)26-10-8-15(9-11-26)27-18-17(12-25-27)19(24-13-23-18)29-16-6-4-14(22)5-7-16/h4-7,12-13,15H,8-11,22H2,1-3H3. The molecule has 0 spiro atoms. The van der Waals surface area contributed by atoms with E-state index in [1.807, 2.05) is 25.5 Å². The minimum Gasteiger partial charge on any atom is -0.444 e. The molecular formula is C21H26N6O3. The van der Waals surface area contributed by atoms with Crippen LogP contribution in [-0.2, 0) is 4.74 Å². The highest BCUT2D eigenvalue weighted by atomic mass is 16.6.